The summed E-state index contributed by atoms with van der Waals surface area (Å²) >= 11 is 0. The Kier molecular flexibility index (Phi) is 4.09. The van der Waals surface area contributed by atoms with Crippen molar-refractivity contribution in [3.63, 3.8) is 0 Å². The van der Waals surface area contributed by atoms with Crippen LogP contribution >= 0.6 is 0 Å². The van der Waals surface area contributed by atoms with E-state index in [4.69, 9.17) is 5.26 Å². The second-order valence-corrected chi connectivity index (χ2v) is 4.18. The van der Waals surface area contributed by atoms with E-state index in [1.807, 2.05) is 37.3 Å². The molecule has 1 aromatic heterocycles. The van der Waals surface area contributed by atoms with E-state index in [-0.39, 0.29) is 5.91 Å². The smallest absolute Gasteiger partial charge is 0.272 e. The van der Waals surface area contributed by atoms with Crippen molar-refractivity contribution in [3.8, 4) is 6.07 Å². The highest BCUT2D eigenvalue weighted by Gasteiger charge is 2.15. The van der Waals surface area contributed by atoms with Gasteiger partial charge in [-0.25, -0.2) is 4.98 Å². The summed E-state index contributed by atoms with van der Waals surface area (Å²) in [5, 5.41) is 9.61. The summed E-state index contributed by atoms with van der Waals surface area (Å²) in [4.78, 5) is 18.3. The van der Waals surface area contributed by atoms with Gasteiger partial charge in [-0.05, 0) is 19.1 Å². The molecule has 0 fully saturated rings. The van der Waals surface area contributed by atoms with Crippen LogP contribution in [0.3, 0.4) is 0 Å². The van der Waals surface area contributed by atoms with Gasteiger partial charge in [0.25, 0.3) is 5.91 Å². The number of aromatic nitrogens is 1. The number of rotatable bonds is 4. The van der Waals surface area contributed by atoms with Gasteiger partial charge in [0.2, 0.25) is 0 Å². The lowest BCUT2D eigenvalue weighted by Gasteiger charge is -2.19. The van der Waals surface area contributed by atoms with Gasteiger partial charge >= 0.3 is 0 Å². The van der Waals surface area contributed by atoms with E-state index in [0.29, 0.717) is 25.2 Å². The number of benzene rings is 1. The Morgan fingerprint density at radius 1 is 1.32 bits per heavy atom. The molecule has 0 saturated heterocycles. The third kappa shape index (κ3) is 2.89. The fourth-order valence-electron chi connectivity index (χ4n) is 1.94. The van der Waals surface area contributed by atoms with Gasteiger partial charge in [0.15, 0.2) is 0 Å². The van der Waals surface area contributed by atoms with Crippen molar-refractivity contribution in [2.45, 2.75) is 13.3 Å². The van der Waals surface area contributed by atoms with E-state index < -0.39 is 0 Å². The largest absolute Gasteiger partial charge is 0.337 e. The van der Waals surface area contributed by atoms with Crippen LogP contribution in [0.15, 0.2) is 36.4 Å². The average molecular weight is 253 g/mol. The monoisotopic (exact) mass is 253 g/mol. The Labute approximate surface area is 112 Å². The Morgan fingerprint density at radius 3 is 2.84 bits per heavy atom. The van der Waals surface area contributed by atoms with Crippen LogP contribution in [-0.4, -0.2) is 28.9 Å². The lowest BCUT2D eigenvalue weighted by Crippen LogP contribution is -2.32. The van der Waals surface area contributed by atoms with Crippen LogP contribution in [0.25, 0.3) is 10.9 Å². The van der Waals surface area contributed by atoms with Crippen LogP contribution < -0.4 is 0 Å². The standard InChI is InChI=1S/C15H15N3O/c1-2-18(11-5-10-16)15(19)14-9-8-12-6-3-4-7-13(12)17-14/h3-4,6-9H,2,5,11H2,1H3. The molecule has 1 amide bonds. The summed E-state index contributed by atoms with van der Waals surface area (Å²) in [6.07, 6.45) is 0.340. The zero-order valence-corrected chi connectivity index (χ0v) is 10.8. The molecule has 1 heterocycles. The summed E-state index contributed by atoms with van der Waals surface area (Å²) in [6, 6.07) is 13.4. The first kappa shape index (κ1) is 13.0. The highest BCUT2D eigenvalue weighted by Crippen LogP contribution is 2.13. The molecule has 0 N–H and O–H groups in total. The lowest BCUT2D eigenvalue weighted by atomic mass is 10.2. The molecule has 0 spiro atoms. The maximum absolute atomic E-state index is 12.3. The van der Waals surface area contributed by atoms with Crippen molar-refractivity contribution >= 4 is 16.8 Å². The van der Waals surface area contributed by atoms with Crippen molar-refractivity contribution in [1.29, 1.82) is 5.26 Å². The van der Waals surface area contributed by atoms with Crippen molar-refractivity contribution < 1.29 is 4.79 Å². The zero-order valence-electron chi connectivity index (χ0n) is 10.8. The Bertz CT molecular complexity index is 631. The fourth-order valence-corrected chi connectivity index (χ4v) is 1.94. The summed E-state index contributed by atoms with van der Waals surface area (Å²) in [6.45, 7) is 2.92. The molecule has 0 aliphatic heterocycles. The normalized spacial score (nSPS) is 10.1. The molecule has 2 aromatic rings. The number of hydrogen-bond donors (Lipinski definition) is 0. The predicted octanol–water partition coefficient (Wildman–Crippen LogP) is 2.61. The number of carbonyl (C=O) groups excluding carboxylic acids is 1. The van der Waals surface area contributed by atoms with Gasteiger partial charge < -0.3 is 4.90 Å². The minimum Gasteiger partial charge on any atom is -0.337 e. The van der Waals surface area contributed by atoms with E-state index in [1.165, 1.54) is 0 Å². The number of pyridine rings is 1. The molecule has 1 aromatic carbocycles. The molecular formula is C15H15N3O. The second kappa shape index (κ2) is 5.96. The molecule has 96 valence electrons. The average Bonchev–Trinajstić information content (AvgIpc) is 2.47. The molecule has 0 saturated carbocycles. The van der Waals surface area contributed by atoms with Gasteiger partial charge in [0, 0.05) is 18.5 Å². The Balaban J connectivity index is 2.27. The van der Waals surface area contributed by atoms with Gasteiger partial charge in [-0.1, -0.05) is 24.3 Å². The van der Waals surface area contributed by atoms with Crippen LogP contribution in [-0.2, 0) is 0 Å². The Hall–Kier alpha value is -2.41. The van der Waals surface area contributed by atoms with E-state index >= 15 is 0 Å². The summed E-state index contributed by atoms with van der Waals surface area (Å²) in [7, 11) is 0. The molecule has 4 nitrogen and oxygen atoms in total. The first-order valence-electron chi connectivity index (χ1n) is 6.28. The van der Waals surface area contributed by atoms with Crippen LogP contribution in [0.4, 0.5) is 0 Å². The van der Waals surface area contributed by atoms with Crippen molar-refractivity contribution in [3.05, 3.63) is 42.1 Å². The fraction of sp³-hybridized carbons (Fsp3) is 0.267. The third-order valence-corrected chi connectivity index (χ3v) is 2.98. The molecule has 19 heavy (non-hydrogen) atoms. The highest BCUT2D eigenvalue weighted by molar-refractivity contribution is 5.94. The zero-order chi connectivity index (χ0) is 13.7. The van der Waals surface area contributed by atoms with Gasteiger partial charge in [-0.2, -0.15) is 5.26 Å². The second-order valence-electron chi connectivity index (χ2n) is 4.18. The highest BCUT2D eigenvalue weighted by atomic mass is 16.2. The molecule has 0 radical (unpaired) electrons. The van der Waals surface area contributed by atoms with E-state index in [0.717, 1.165) is 10.9 Å². The number of hydrogen-bond acceptors (Lipinski definition) is 3. The first-order chi connectivity index (χ1) is 9.26. The quantitative estimate of drug-likeness (QED) is 0.841. The molecule has 0 unspecified atom stereocenters. The van der Waals surface area contributed by atoms with Gasteiger partial charge in [0.05, 0.1) is 18.0 Å². The predicted molar refractivity (Wildman–Crippen MR) is 73.6 cm³/mol. The number of fused-ring (bicyclic) bond motifs is 1. The number of para-hydroxylation sites is 1. The van der Waals surface area contributed by atoms with E-state index in [9.17, 15) is 4.79 Å². The van der Waals surface area contributed by atoms with Gasteiger partial charge in [-0.15, -0.1) is 0 Å². The number of nitrogens with zero attached hydrogens (tertiary/aromatic N) is 3. The summed E-state index contributed by atoms with van der Waals surface area (Å²) in [5.41, 5.74) is 1.24. The van der Waals surface area contributed by atoms with E-state index in [2.05, 4.69) is 11.1 Å². The van der Waals surface area contributed by atoms with Crippen LogP contribution in [0.1, 0.15) is 23.8 Å². The number of carbonyl (C=O) groups is 1. The Morgan fingerprint density at radius 2 is 2.11 bits per heavy atom. The molecule has 0 atom stereocenters. The maximum atomic E-state index is 12.3. The number of amides is 1. The van der Waals surface area contributed by atoms with Crippen LogP contribution in [0, 0.1) is 11.3 Å². The molecule has 0 aliphatic carbocycles. The van der Waals surface area contributed by atoms with Gasteiger partial charge in [0.1, 0.15) is 5.69 Å². The van der Waals surface area contributed by atoms with Crippen molar-refractivity contribution in [2.24, 2.45) is 0 Å². The molecule has 0 bridgehead atoms. The molecule has 4 heteroatoms. The number of nitriles is 1. The molecule has 2 rings (SSSR count). The van der Waals surface area contributed by atoms with Gasteiger partial charge in [-0.3, -0.25) is 4.79 Å². The lowest BCUT2D eigenvalue weighted by molar-refractivity contribution is 0.0762. The minimum absolute atomic E-state index is 0.122. The SMILES string of the molecule is CCN(CCC#N)C(=O)c1ccc2ccccc2n1. The minimum atomic E-state index is -0.122. The maximum Gasteiger partial charge on any atom is 0.272 e. The first-order valence-corrected chi connectivity index (χ1v) is 6.28. The molecule has 0 aliphatic rings. The molecular weight excluding hydrogens is 238 g/mol. The third-order valence-electron chi connectivity index (χ3n) is 2.98. The summed E-state index contributed by atoms with van der Waals surface area (Å²) in [5.74, 6) is -0.122. The van der Waals surface area contributed by atoms with Crippen molar-refractivity contribution in [2.75, 3.05) is 13.1 Å². The van der Waals surface area contributed by atoms with Crippen LogP contribution in [0.2, 0.25) is 0 Å². The van der Waals surface area contributed by atoms with Crippen LogP contribution in [0.5, 0.6) is 0 Å². The van der Waals surface area contributed by atoms with Crippen molar-refractivity contribution in [1.82, 2.24) is 9.88 Å². The van der Waals surface area contributed by atoms with E-state index in [1.54, 1.807) is 11.0 Å². The summed E-state index contributed by atoms with van der Waals surface area (Å²) < 4.78 is 0. The topological polar surface area (TPSA) is 57.0 Å².